The summed E-state index contributed by atoms with van der Waals surface area (Å²) in [6.07, 6.45) is 2.88. The van der Waals surface area contributed by atoms with Crippen molar-refractivity contribution in [2.75, 3.05) is 0 Å². The maximum absolute atomic E-state index is 9.73. The molecule has 0 fully saturated rings. The molecule has 1 N–H and O–H groups in total. The lowest BCUT2D eigenvalue weighted by Crippen LogP contribution is -2.21. The Balaban J connectivity index is 1.67. The first-order chi connectivity index (χ1) is 9.65. The van der Waals surface area contributed by atoms with Crippen molar-refractivity contribution in [3.05, 3.63) is 41.2 Å². The summed E-state index contributed by atoms with van der Waals surface area (Å²) in [6, 6.07) is 6.26. The van der Waals surface area contributed by atoms with Gasteiger partial charge in [0, 0.05) is 6.42 Å². The van der Waals surface area contributed by atoms with Crippen LogP contribution in [0.5, 0.6) is 5.75 Å². The average molecular weight is 273 g/mol. The molecule has 5 heteroatoms. The second kappa shape index (κ2) is 5.25. The summed E-state index contributed by atoms with van der Waals surface area (Å²) in [5, 5.41) is 17.8. The fourth-order valence-corrected chi connectivity index (χ4v) is 2.52. The van der Waals surface area contributed by atoms with Gasteiger partial charge in [0.2, 0.25) is 0 Å². The van der Waals surface area contributed by atoms with Gasteiger partial charge in [0.25, 0.3) is 0 Å². The summed E-state index contributed by atoms with van der Waals surface area (Å²) in [5.74, 6) is 0.967. The van der Waals surface area contributed by atoms with Gasteiger partial charge in [0.05, 0.1) is 18.8 Å². The summed E-state index contributed by atoms with van der Waals surface area (Å²) in [5.41, 5.74) is 3.13. The van der Waals surface area contributed by atoms with Crippen molar-refractivity contribution in [1.29, 1.82) is 0 Å². The second-order valence-corrected chi connectivity index (χ2v) is 5.34. The van der Waals surface area contributed by atoms with Crippen molar-refractivity contribution >= 4 is 0 Å². The number of aromatic nitrogens is 3. The highest BCUT2D eigenvalue weighted by molar-refractivity contribution is 5.40. The molecule has 2 atom stereocenters. The molecule has 1 aromatic carbocycles. The van der Waals surface area contributed by atoms with Crippen molar-refractivity contribution < 1.29 is 9.84 Å². The quantitative estimate of drug-likeness (QED) is 0.926. The molecule has 3 rings (SSSR count). The third-order valence-corrected chi connectivity index (χ3v) is 3.63. The van der Waals surface area contributed by atoms with Crippen molar-refractivity contribution in [1.82, 2.24) is 15.0 Å². The van der Waals surface area contributed by atoms with Gasteiger partial charge in [0.1, 0.15) is 17.5 Å². The van der Waals surface area contributed by atoms with E-state index in [2.05, 4.69) is 29.4 Å². The van der Waals surface area contributed by atoms with E-state index in [9.17, 15) is 5.11 Å². The molecular formula is C15H19N3O2. The molecule has 2 heterocycles. The normalized spacial score (nSPS) is 18.6. The largest absolute Gasteiger partial charge is 0.488 e. The fourth-order valence-electron chi connectivity index (χ4n) is 2.52. The Labute approximate surface area is 118 Å². The highest BCUT2D eigenvalue weighted by Crippen LogP contribution is 2.30. The van der Waals surface area contributed by atoms with Crippen LogP contribution in [0.15, 0.2) is 24.4 Å². The van der Waals surface area contributed by atoms with Gasteiger partial charge in [-0.3, -0.25) is 0 Å². The Kier molecular flexibility index (Phi) is 3.44. The van der Waals surface area contributed by atoms with Gasteiger partial charge in [-0.25, -0.2) is 4.68 Å². The standard InChI is InChI=1S/C15H19N3O2/c1-3-14(19)13-9-18(17-16-13)8-12-7-11-6-10(2)4-5-15(11)20-12/h4-6,9,12,14,19H,3,7-8H2,1-2H3. The third kappa shape index (κ3) is 2.54. The first-order valence-corrected chi connectivity index (χ1v) is 7.00. The summed E-state index contributed by atoms with van der Waals surface area (Å²) in [7, 11) is 0. The van der Waals surface area contributed by atoms with Crippen LogP contribution in [-0.2, 0) is 13.0 Å². The van der Waals surface area contributed by atoms with Crippen LogP contribution >= 0.6 is 0 Å². The predicted molar refractivity (Wildman–Crippen MR) is 74.6 cm³/mol. The van der Waals surface area contributed by atoms with Crippen molar-refractivity contribution in [2.45, 2.75) is 45.4 Å². The first kappa shape index (κ1) is 13.1. The molecule has 1 aliphatic rings. The molecule has 0 saturated carbocycles. The maximum Gasteiger partial charge on any atom is 0.123 e. The van der Waals surface area contributed by atoms with Crippen molar-refractivity contribution in [3.8, 4) is 5.75 Å². The number of benzene rings is 1. The number of rotatable bonds is 4. The van der Waals surface area contributed by atoms with Crippen molar-refractivity contribution in [2.24, 2.45) is 0 Å². The van der Waals surface area contributed by atoms with Gasteiger partial charge in [0.15, 0.2) is 0 Å². The Morgan fingerprint density at radius 1 is 1.50 bits per heavy atom. The van der Waals surface area contributed by atoms with Gasteiger partial charge in [-0.1, -0.05) is 29.8 Å². The zero-order chi connectivity index (χ0) is 14.1. The lowest BCUT2D eigenvalue weighted by atomic mass is 10.1. The van der Waals surface area contributed by atoms with Gasteiger partial charge in [-0.05, 0) is 25.0 Å². The smallest absolute Gasteiger partial charge is 0.123 e. The van der Waals surface area contributed by atoms with Crippen molar-refractivity contribution in [3.63, 3.8) is 0 Å². The maximum atomic E-state index is 9.73. The molecule has 1 aromatic heterocycles. The van der Waals surface area contributed by atoms with E-state index in [1.54, 1.807) is 10.9 Å². The lowest BCUT2D eigenvalue weighted by Gasteiger charge is -2.09. The molecule has 0 bridgehead atoms. The van der Waals surface area contributed by atoms with Gasteiger partial charge >= 0.3 is 0 Å². The molecule has 0 aliphatic carbocycles. The fraction of sp³-hybridized carbons (Fsp3) is 0.467. The Bertz CT molecular complexity index is 609. The number of nitrogens with zero attached hydrogens (tertiary/aromatic N) is 3. The molecule has 5 nitrogen and oxygen atoms in total. The lowest BCUT2D eigenvalue weighted by molar-refractivity contribution is 0.168. The van der Waals surface area contributed by atoms with E-state index < -0.39 is 6.10 Å². The minimum absolute atomic E-state index is 0.0834. The topological polar surface area (TPSA) is 60.2 Å². The zero-order valence-electron chi connectivity index (χ0n) is 11.8. The van der Waals surface area contributed by atoms with Crippen LogP contribution < -0.4 is 4.74 Å². The Morgan fingerprint density at radius 3 is 3.15 bits per heavy atom. The summed E-state index contributed by atoms with van der Waals surface area (Å²) >= 11 is 0. The highest BCUT2D eigenvalue weighted by atomic mass is 16.5. The molecule has 20 heavy (non-hydrogen) atoms. The molecule has 2 unspecified atom stereocenters. The van der Waals surface area contributed by atoms with Crippen LogP contribution in [0.3, 0.4) is 0 Å². The summed E-state index contributed by atoms with van der Waals surface area (Å²) in [6.45, 7) is 4.66. The van der Waals surface area contributed by atoms with Gasteiger partial charge < -0.3 is 9.84 Å². The molecule has 1 aliphatic heterocycles. The third-order valence-electron chi connectivity index (χ3n) is 3.63. The van der Waals surface area contributed by atoms with Crippen LogP contribution in [0.2, 0.25) is 0 Å². The Morgan fingerprint density at radius 2 is 2.35 bits per heavy atom. The van der Waals surface area contributed by atoms with E-state index in [1.165, 1.54) is 11.1 Å². The number of aryl methyl sites for hydroxylation is 1. The molecule has 2 aromatic rings. The monoisotopic (exact) mass is 273 g/mol. The van der Waals surface area contributed by atoms with E-state index in [0.717, 1.165) is 12.2 Å². The molecular weight excluding hydrogens is 254 g/mol. The number of fused-ring (bicyclic) bond motifs is 1. The van der Waals surface area contributed by atoms with E-state index in [4.69, 9.17) is 4.74 Å². The summed E-state index contributed by atoms with van der Waals surface area (Å²) < 4.78 is 7.66. The molecule has 0 spiro atoms. The first-order valence-electron chi connectivity index (χ1n) is 7.00. The predicted octanol–water partition coefficient (Wildman–Crippen LogP) is 2.03. The molecule has 0 amide bonds. The van der Waals surface area contributed by atoms with Crippen LogP contribution in [-0.4, -0.2) is 26.2 Å². The van der Waals surface area contributed by atoms with E-state index in [0.29, 0.717) is 18.7 Å². The average Bonchev–Trinajstić information content (AvgIpc) is 3.04. The van der Waals surface area contributed by atoms with Gasteiger partial charge in [-0.15, -0.1) is 5.10 Å². The Hall–Kier alpha value is -1.88. The van der Waals surface area contributed by atoms with E-state index in [-0.39, 0.29) is 6.10 Å². The van der Waals surface area contributed by atoms with Crippen LogP contribution in [0.25, 0.3) is 0 Å². The molecule has 106 valence electrons. The van der Waals surface area contributed by atoms with Crippen LogP contribution in [0.4, 0.5) is 0 Å². The number of hydrogen-bond acceptors (Lipinski definition) is 4. The molecule has 0 saturated heterocycles. The minimum atomic E-state index is -0.534. The summed E-state index contributed by atoms with van der Waals surface area (Å²) in [4.78, 5) is 0. The number of ether oxygens (including phenoxy) is 1. The number of hydrogen-bond donors (Lipinski definition) is 1. The second-order valence-electron chi connectivity index (χ2n) is 5.34. The van der Waals surface area contributed by atoms with Crippen LogP contribution in [0, 0.1) is 6.92 Å². The van der Waals surface area contributed by atoms with Crippen LogP contribution in [0.1, 0.15) is 36.3 Å². The number of aliphatic hydroxyl groups excluding tert-OH is 1. The zero-order valence-corrected chi connectivity index (χ0v) is 11.8. The van der Waals surface area contributed by atoms with E-state index >= 15 is 0 Å². The highest BCUT2D eigenvalue weighted by Gasteiger charge is 2.24. The SMILES string of the molecule is CCC(O)c1cn(CC2Cc3cc(C)ccc3O2)nn1. The number of aliphatic hydroxyl groups is 1. The molecule has 0 radical (unpaired) electrons. The minimum Gasteiger partial charge on any atom is -0.488 e. The van der Waals surface area contributed by atoms with Gasteiger partial charge in [-0.2, -0.15) is 0 Å². The van der Waals surface area contributed by atoms with E-state index in [1.807, 2.05) is 13.0 Å².